The van der Waals surface area contributed by atoms with Crippen molar-refractivity contribution in [2.45, 2.75) is 85.3 Å². The number of ketones is 1. The molecule has 2 N–H and O–H groups in total. The standard InChI is InChI=1S/C30H39BrF3N3O3/c1-27(2,3)35-16-24(38)29(7,8)20-13-19-14-23(18-9-11-21(12-10-18)40-30(32,33)34)37(26(19)22(31)15-20)17-25(39)36-28(4,5)6/h9,11-15,26,35H,10,16-17H2,1-8H3,(H,36,39). The summed E-state index contributed by atoms with van der Waals surface area (Å²) in [7, 11) is 0. The number of carbonyl (C=O) groups is 2. The van der Waals surface area contributed by atoms with Crippen molar-refractivity contribution in [3.63, 3.8) is 0 Å². The molecule has 0 saturated carbocycles. The summed E-state index contributed by atoms with van der Waals surface area (Å²) in [6.07, 6.45) is 5.53. The molecule has 0 aromatic heterocycles. The third-order valence-electron chi connectivity index (χ3n) is 6.68. The van der Waals surface area contributed by atoms with Crippen LogP contribution in [0.3, 0.4) is 0 Å². The topological polar surface area (TPSA) is 70.7 Å². The fourth-order valence-corrected chi connectivity index (χ4v) is 5.36. The molecule has 1 heterocycles. The van der Waals surface area contributed by atoms with Crippen molar-refractivity contribution in [1.82, 2.24) is 15.5 Å². The van der Waals surface area contributed by atoms with E-state index in [2.05, 4.69) is 31.3 Å². The van der Waals surface area contributed by atoms with Gasteiger partial charge in [-0.2, -0.15) is 0 Å². The number of ether oxygens (including phenoxy) is 1. The minimum Gasteiger partial charge on any atom is -0.406 e. The Kier molecular flexibility index (Phi) is 9.06. The zero-order valence-corrected chi connectivity index (χ0v) is 25.9. The fraction of sp³-hybridized carbons (Fsp3) is 0.533. The molecule has 0 fully saturated rings. The van der Waals surface area contributed by atoms with Gasteiger partial charge in [0.25, 0.3) is 0 Å². The van der Waals surface area contributed by atoms with E-state index < -0.39 is 17.3 Å². The molecule has 40 heavy (non-hydrogen) atoms. The Hall–Kier alpha value is -2.59. The summed E-state index contributed by atoms with van der Waals surface area (Å²) in [5.41, 5.74) is 1.76. The van der Waals surface area contributed by atoms with Gasteiger partial charge in [-0.15, -0.1) is 13.2 Å². The lowest BCUT2D eigenvalue weighted by Gasteiger charge is -2.35. The second kappa shape index (κ2) is 11.4. The van der Waals surface area contributed by atoms with Gasteiger partial charge < -0.3 is 20.3 Å². The van der Waals surface area contributed by atoms with Crippen molar-refractivity contribution in [2.24, 2.45) is 5.41 Å². The van der Waals surface area contributed by atoms with Crippen LogP contribution in [0.5, 0.6) is 0 Å². The molecular weight excluding hydrogens is 587 g/mol. The van der Waals surface area contributed by atoms with Gasteiger partial charge >= 0.3 is 6.36 Å². The number of alkyl halides is 3. The smallest absolute Gasteiger partial charge is 0.406 e. The normalized spacial score (nSPS) is 21.8. The fourth-order valence-electron chi connectivity index (χ4n) is 4.60. The van der Waals surface area contributed by atoms with Gasteiger partial charge in [0, 0.05) is 26.7 Å². The summed E-state index contributed by atoms with van der Waals surface area (Å²) < 4.78 is 43.0. The highest BCUT2D eigenvalue weighted by atomic mass is 79.9. The van der Waals surface area contributed by atoms with Gasteiger partial charge in [0.1, 0.15) is 5.76 Å². The Morgan fingerprint density at radius 3 is 2.17 bits per heavy atom. The summed E-state index contributed by atoms with van der Waals surface area (Å²) in [4.78, 5) is 28.2. The first-order valence-electron chi connectivity index (χ1n) is 13.2. The number of nitrogens with one attached hydrogen (secondary N) is 2. The van der Waals surface area contributed by atoms with Crippen LogP contribution < -0.4 is 10.6 Å². The van der Waals surface area contributed by atoms with Crippen molar-refractivity contribution in [3.8, 4) is 0 Å². The van der Waals surface area contributed by atoms with Crippen molar-refractivity contribution >= 4 is 27.6 Å². The van der Waals surface area contributed by atoms with Gasteiger partial charge in [-0.05, 0) is 103 Å². The molecule has 1 aliphatic heterocycles. The lowest BCUT2D eigenvalue weighted by atomic mass is 9.76. The maximum atomic E-state index is 13.2. The number of amides is 1. The second-order valence-corrected chi connectivity index (χ2v) is 13.8. The van der Waals surface area contributed by atoms with Crippen LogP contribution in [0.1, 0.15) is 61.8 Å². The number of Topliss-reactive ketones (excluding diaryl/α,β-unsaturated/α-hetero) is 1. The molecule has 0 radical (unpaired) electrons. The maximum Gasteiger partial charge on any atom is 0.573 e. The SMILES string of the molecule is CC(C)(C)NCC(=O)C(C)(C)C1=CC2=CC(=C3C=CC(OC(F)(F)F)=CC3)N(CC(=O)NC(C)(C)C)C2C(Br)=C1. The van der Waals surface area contributed by atoms with Gasteiger partial charge in [0.15, 0.2) is 5.78 Å². The molecule has 10 heteroatoms. The third kappa shape index (κ3) is 8.22. The summed E-state index contributed by atoms with van der Waals surface area (Å²) in [6, 6.07) is -0.319. The quantitative estimate of drug-likeness (QED) is 0.345. The molecule has 0 aromatic rings. The van der Waals surface area contributed by atoms with Crippen LogP contribution >= 0.6 is 15.9 Å². The lowest BCUT2D eigenvalue weighted by Crippen LogP contribution is -2.47. The highest BCUT2D eigenvalue weighted by molar-refractivity contribution is 9.11. The molecule has 6 nitrogen and oxygen atoms in total. The summed E-state index contributed by atoms with van der Waals surface area (Å²) in [5.74, 6) is -0.417. The first kappa shape index (κ1) is 31.9. The maximum absolute atomic E-state index is 13.2. The number of nitrogens with zero attached hydrogens (tertiary/aromatic N) is 1. The number of rotatable bonds is 7. The minimum atomic E-state index is -4.77. The summed E-state index contributed by atoms with van der Waals surface area (Å²) >= 11 is 3.72. The van der Waals surface area contributed by atoms with E-state index in [-0.39, 0.29) is 48.5 Å². The first-order chi connectivity index (χ1) is 18.2. The van der Waals surface area contributed by atoms with Crippen LogP contribution in [0.25, 0.3) is 0 Å². The molecule has 3 rings (SSSR count). The number of hydrogen-bond acceptors (Lipinski definition) is 5. The molecule has 3 aliphatic rings. The van der Waals surface area contributed by atoms with Crippen LogP contribution in [0, 0.1) is 5.41 Å². The van der Waals surface area contributed by atoms with Crippen LogP contribution in [0.15, 0.2) is 69.1 Å². The van der Waals surface area contributed by atoms with Gasteiger partial charge in [-0.1, -0.05) is 28.1 Å². The predicted octanol–water partition coefficient (Wildman–Crippen LogP) is 6.35. The number of hydrogen-bond donors (Lipinski definition) is 2. The Morgan fingerprint density at radius 1 is 1.00 bits per heavy atom. The van der Waals surface area contributed by atoms with E-state index in [0.29, 0.717) is 0 Å². The van der Waals surface area contributed by atoms with Crippen LogP contribution in [0.2, 0.25) is 0 Å². The Labute approximate surface area is 243 Å². The zero-order valence-electron chi connectivity index (χ0n) is 24.3. The van der Waals surface area contributed by atoms with Crippen molar-refractivity contribution in [2.75, 3.05) is 13.1 Å². The monoisotopic (exact) mass is 625 g/mol. The van der Waals surface area contributed by atoms with Crippen LogP contribution in [-0.4, -0.2) is 53.2 Å². The highest BCUT2D eigenvalue weighted by Crippen LogP contribution is 2.44. The third-order valence-corrected chi connectivity index (χ3v) is 7.34. The molecule has 0 saturated heterocycles. The highest BCUT2D eigenvalue weighted by Gasteiger charge is 2.40. The predicted molar refractivity (Wildman–Crippen MR) is 154 cm³/mol. The van der Waals surface area contributed by atoms with E-state index in [1.54, 1.807) is 6.08 Å². The van der Waals surface area contributed by atoms with E-state index in [9.17, 15) is 22.8 Å². The molecule has 0 bridgehead atoms. The van der Waals surface area contributed by atoms with Crippen LogP contribution in [-0.2, 0) is 14.3 Å². The van der Waals surface area contributed by atoms with E-state index in [0.717, 1.165) is 26.9 Å². The van der Waals surface area contributed by atoms with Crippen LogP contribution in [0.4, 0.5) is 13.2 Å². The molecule has 0 aromatic carbocycles. The first-order valence-corrected chi connectivity index (χ1v) is 14.0. The second-order valence-electron chi connectivity index (χ2n) is 12.9. The van der Waals surface area contributed by atoms with E-state index in [4.69, 9.17) is 0 Å². The number of fused-ring (bicyclic) bond motifs is 1. The van der Waals surface area contributed by atoms with Gasteiger partial charge in [-0.25, -0.2) is 0 Å². The van der Waals surface area contributed by atoms with Gasteiger partial charge in [0.2, 0.25) is 5.91 Å². The molecular formula is C30H39BrF3N3O3. The zero-order chi connectivity index (χ0) is 30.3. The number of allylic oxidation sites excluding steroid dienone is 7. The minimum absolute atomic E-state index is 0.0359. The average molecular weight is 627 g/mol. The van der Waals surface area contributed by atoms with Gasteiger partial charge in [0.05, 0.1) is 19.1 Å². The Morgan fingerprint density at radius 2 is 1.65 bits per heavy atom. The van der Waals surface area contributed by atoms with Crippen molar-refractivity contribution in [3.05, 3.63) is 69.1 Å². The molecule has 2 aliphatic carbocycles. The van der Waals surface area contributed by atoms with E-state index in [1.807, 2.05) is 78.5 Å². The Bertz CT molecular complexity index is 1240. The molecule has 1 unspecified atom stereocenters. The molecule has 1 amide bonds. The van der Waals surface area contributed by atoms with Crippen molar-refractivity contribution < 1.29 is 27.5 Å². The largest absolute Gasteiger partial charge is 0.573 e. The van der Waals surface area contributed by atoms with E-state index in [1.165, 1.54) is 12.2 Å². The Balaban J connectivity index is 1.98. The average Bonchev–Trinajstić information content (AvgIpc) is 3.13. The van der Waals surface area contributed by atoms with E-state index >= 15 is 0 Å². The molecule has 1 atom stereocenters. The van der Waals surface area contributed by atoms with Gasteiger partial charge in [-0.3, -0.25) is 9.59 Å². The van der Waals surface area contributed by atoms with Crippen molar-refractivity contribution in [1.29, 1.82) is 0 Å². The number of carbonyl (C=O) groups excluding carboxylic acids is 2. The number of halogens is 4. The lowest BCUT2D eigenvalue weighted by molar-refractivity contribution is -0.303. The summed E-state index contributed by atoms with van der Waals surface area (Å²) in [5, 5.41) is 6.25. The summed E-state index contributed by atoms with van der Waals surface area (Å²) in [6.45, 7) is 15.7. The molecule has 220 valence electrons. The molecule has 0 spiro atoms.